The molecule has 0 amide bonds. The van der Waals surface area contributed by atoms with E-state index in [4.69, 9.17) is 11.6 Å². The zero-order chi connectivity index (χ0) is 15.1. The Bertz CT molecular complexity index is 759. The van der Waals surface area contributed by atoms with E-state index in [1.165, 1.54) is 17.2 Å². The maximum atomic E-state index is 12.2. The second kappa shape index (κ2) is 5.65. The highest BCUT2D eigenvalue weighted by molar-refractivity contribution is 6.30. The molecular weight excluding hydrogens is 300 g/mol. The van der Waals surface area contributed by atoms with Crippen molar-refractivity contribution in [3.63, 3.8) is 0 Å². The van der Waals surface area contributed by atoms with Gasteiger partial charge in [0.15, 0.2) is 0 Å². The van der Waals surface area contributed by atoms with Crippen molar-refractivity contribution in [2.24, 2.45) is 5.92 Å². The van der Waals surface area contributed by atoms with Gasteiger partial charge in [0.05, 0.1) is 10.7 Å². The number of halogens is 1. The first-order chi connectivity index (χ1) is 10.7. The average molecular weight is 319 g/mol. The number of rotatable bonds is 2. The van der Waals surface area contributed by atoms with Crippen LogP contribution in [0.1, 0.15) is 18.5 Å². The van der Waals surface area contributed by atoms with Crippen molar-refractivity contribution in [1.82, 2.24) is 19.6 Å². The molecule has 0 aromatic carbocycles. The highest BCUT2D eigenvalue weighted by Gasteiger charge is 2.32. The normalized spacial score (nSPS) is 25.5. The van der Waals surface area contributed by atoms with Gasteiger partial charge >= 0.3 is 0 Å². The van der Waals surface area contributed by atoms with Crippen molar-refractivity contribution >= 4 is 17.2 Å². The molecule has 0 spiro atoms. The third-order valence-corrected chi connectivity index (χ3v) is 5.03. The van der Waals surface area contributed by atoms with Crippen molar-refractivity contribution < 1.29 is 0 Å². The van der Waals surface area contributed by atoms with Gasteiger partial charge in [-0.15, -0.1) is 0 Å². The molecule has 4 heterocycles. The van der Waals surface area contributed by atoms with Gasteiger partial charge in [0.25, 0.3) is 5.56 Å². The summed E-state index contributed by atoms with van der Waals surface area (Å²) in [5.41, 5.74) is 1.43. The van der Waals surface area contributed by atoms with E-state index >= 15 is 0 Å². The van der Waals surface area contributed by atoms with Gasteiger partial charge in [0.1, 0.15) is 5.65 Å². The number of aromatic nitrogens is 2. The lowest BCUT2D eigenvalue weighted by molar-refractivity contribution is 0.154. The van der Waals surface area contributed by atoms with Crippen LogP contribution < -0.4 is 10.9 Å². The van der Waals surface area contributed by atoms with Crippen LogP contribution in [0.5, 0.6) is 0 Å². The Balaban J connectivity index is 1.57. The smallest absolute Gasteiger partial charge is 0.258 e. The van der Waals surface area contributed by atoms with Crippen molar-refractivity contribution in [3.8, 4) is 0 Å². The minimum absolute atomic E-state index is 0.0695. The van der Waals surface area contributed by atoms with Crippen molar-refractivity contribution in [2.45, 2.75) is 25.4 Å². The minimum Gasteiger partial charge on any atom is -0.314 e. The number of hydrogen-bond acceptors (Lipinski definition) is 4. The molecule has 2 aromatic rings. The van der Waals surface area contributed by atoms with E-state index in [0.29, 0.717) is 16.7 Å². The molecule has 0 saturated carbocycles. The van der Waals surface area contributed by atoms with Crippen LogP contribution in [-0.4, -0.2) is 40.0 Å². The SMILES string of the molecule is O=c1cc(CN2CCC3NCCC3C2)nc2ccc(Cl)cn12. The predicted octanol–water partition coefficient (Wildman–Crippen LogP) is 1.53. The number of piperidine rings is 1. The van der Waals surface area contributed by atoms with E-state index in [9.17, 15) is 4.79 Å². The summed E-state index contributed by atoms with van der Waals surface area (Å²) in [6, 6.07) is 5.87. The zero-order valence-corrected chi connectivity index (χ0v) is 13.1. The lowest BCUT2D eigenvalue weighted by atomic mass is 9.93. The van der Waals surface area contributed by atoms with Gasteiger partial charge in [-0.05, 0) is 37.4 Å². The van der Waals surface area contributed by atoms with E-state index < -0.39 is 0 Å². The Morgan fingerprint density at radius 3 is 3.18 bits per heavy atom. The topological polar surface area (TPSA) is 49.6 Å². The summed E-state index contributed by atoms with van der Waals surface area (Å²) in [7, 11) is 0. The maximum Gasteiger partial charge on any atom is 0.258 e. The van der Waals surface area contributed by atoms with Crippen LogP contribution in [0.2, 0.25) is 5.02 Å². The quantitative estimate of drug-likeness (QED) is 0.912. The molecule has 2 unspecified atom stereocenters. The molecule has 22 heavy (non-hydrogen) atoms. The second-order valence-corrected chi connectivity index (χ2v) is 6.73. The molecule has 0 radical (unpaired) electrons. The van der Waals surface area contributed by atoms with E-state index in [0.717, 1.165) is 37.8 Å². The standard InChI is InChI=1S/C16H19ClN4O/c17-12-1-2-15-19-13(7-16(22)21(15)9-12)10-20-6-4-14-11(8-20)3-5-18-14/h1-2,7,9,11,14,18H,3-6,8,10H2. The van der Waals surface area contributed by atoms with Gasteiger partial charge in [-0.3, -0.25) is 14.1 Å². The largest absolute Gasteiger partial charge is 0.314 e. The minimum atomic E-state index is -0.0695. The van der Waals surface area contributed by atoms with Crippen molar-refractivity contribution in [1.29, 1.82) is 0 Å². The van der Waals surface area contributed by atoms with E-state index in [2.05, 4.69) is 15.2 Å². The van der Waals surface area contributed by atoms with Crippen LogP contribution in [0.4, 0.5) is 0 Å². The van der Waals surface area contributed by atoms with Crippen LogP contribution >= 0.6 is 11.6 Å². The summed E-state index contributed by atoms with van der Waals surface area (Å²) in [6.45, 7) is 4.05. The van der Waals surface area contributed by atoms with Crippen molar-refractivity contribution in [3.05, 3.63) is 45.5 Å². The number of hydrogen-bond donors (Lipinski definition) is 1. The van der Waals surface area contributed by atoms with Crippen LogP contribution in [0.15, 0.2) is 29.2 Å². The molecular formula is C16H19ClN4O. The molecule has 6 heteroatoms. The molecule has 4 rings (SSSR count). The van der Waals surface area contributed by atoms with Crippen LogP contribution in [0.3, 0.4) is 0 Å². The second-order valence-electron chi connectivity index (χ2n) is 6.29. The summed E-state index contributed by atoms with van der Waals surface area (Å²) in [5, 5.41) is 4.12. The number of likely N-dealkylation sites (tertiary alicyclic amines) is 1. The van der Waals surface area contributed by atoms with Gasteiger partial charge in [0.2, 0.25) is 0 Å². The Labute approximate surface area is 133 Å². The summed E-state index contributed by atoms with van der Waals surface area (Å²) in [5.74, 6) is 0.745. The zero-order valence-electron chi connectivity index (χ0n) is 12.3. The molecule has 2 aliphatic heterocycles. The summed E-state index contributed by atoms with van der Waals surface area (Å²) in [4.78, 5) is 19.2. The number of pyridine rings is 1. The molecule has 116 valence electrons. The maximum absolute atomic E-state index is 12.2. The molecule has 1 N–H and O–H groups in total. The summed E-state index contributed by atoms with van der Waals surface area (Å²) < 4.78 is 1.50. The van der Waals surface area contributed by atoms with Crippen molar-refractivity contribution in [2.75, 3.05) is 19.6 Å². The van der Waals surface area contributed by atoms with E-state index in [1.54, 1.807) is 24.4 Å². The predicted molar refractivity (Wildman–Crippen MR) is 86.3 cm³/mol. The van der Waals surface area contributed by atoms with Gasteiger partial charge in [-0.2, -0.15) is 0 Å². The molecule has 2 aliphatic rings. The third kappa shape index (κ3) is 2.64. The Kier molecular flexibility index (Phi) is 3.64. The first-order valence-corrected chi connectivity index (χ1v) is 8.20. The highest BCUT2D eigenvalue weighted by atomic mass is 35.5. The molecule has 5 nitrogen and oxygen atoms in total. The van der Waals surface area contributed by atoms with E-state index in [1.807, 2.05) is 0 Å². The Morgan fingerprint density at radius 2 is 2.27 bits per heavy atom. The summed E-state index contributed by atoms with van der Waals surface area (Å²) >= 11 is 5.94. The molecule has 2 aromatic heterocycles. The number of nitrogens with one attached hydrogen (secondary N) is 1. The monoisotopic (exact) mass is 318 g/mol. The third-order valence-electron chi connectivity index (χ3n) is 4.80. The van der Waals surface area contributed by atoms with Gasteiger partial charge in [-0.25, -0.2) is 4.98 Å². The lowest BCUT2D eigenvalue weighted by Crippen LogP contribution is -2.44. The van der Waals surface area contributed by atoms with Gasteiger partial charge in [0, 0.05) is 37.9 Å². The van der Waals surface area contributed by atoms with E-state index in [-0.39, 0.29) is 5.56 Å². The fraction of sp³-hybridized carbons (Fsp3) is 0.500. The lowest BCUT2D eigenvalue weighted by Gasteiger charge is -2.34. The molecule has 0 aliphatic carbocycles. The van der Waals surface area contributed by atoms with Crippen LogP contribution in [0.25, 0.3) is 5.65 Å². The first-order valence-electron chi connectivity index (χ1n) is 7.82. The molecule has 2 saturated heterocycles. The number of fused-ring (bicyclic) bond motifs is 2. The number of nitrogens with zero attached hydrogens (tertiary/aromatic N) is 3. The average Bonchev–Trinajstić information content (AvgIpc) is 2.96. The highest BCUT2D eigenvalue weighted by Crippen LogP contribution is 2.25. The van der Waals surface area contributed by atoms with Crippen LogP contribution in [-0.2, 0) is 6.54 Å². The summed E-state index contributed by atoms with van der Waals surface area (Å²) in [6.07, 6.45) is 4.06. The molecule has 2 atom stereocenters. The fourth-order valence-corrected chi connectivity index (χ4v) is 3.86. The molecule has 2 fully saturated rings. The first kappa shape index (κ1) is 14.2. The molecule has 0 bridgehead atoms. The van der Waals surface area contributed by atoms with Gasteiger partial charge in [-0.1, -0.05) is 11.6 Å². The fourth-order valence-electron chi connectivity index (χ4n) is 3.70. The van der Waals surface area contributed by atoms with Gasteiger partial charge < -0.3 is 5.32 Å². The van der Waals surface area contributed by atoms with Crippen LogP contribution in [0, 0.1) is 5.92 Å². The Morgan fingerprint density at radius 1 is 1.36 bits per heavy atom. The Hall–Kier alpha value is -1.43.